The van der Waals surface area contributed by atoms with E-state index in [-0.39, 0.29) is 17.2 Å². The van der Waals surface area contributed by atoms with Crippen molar-refractivity contribution in [3.8, 4) is 0 Å². The number of hydrogen-bond acceptors (Lipinski definition) is 1. The monoisotopic (exact) mass is 582 g/mol. The van der Waals surface area contributed by atoms with E-state index in [9.17, 15) is 0 Å². The number of rotatable bonds is 2. The van der Waals surface area contributed by atoms with Crippen LogP contribution in [0.15, 0.2) is 71.5 Å². The van der Waals surface area contributed by atoms with Gasteiger partial charge in [-0.15, -0.1) is 0 Å². The molecule has 0 atom stereocenters. The molecule has 0 amide bonds. The molecule has 0 radical (unpaired) electrons. The van der Waals surface area contributed by atoms with Crippen molar-refractivity contribution >= 4 is 48.8 Å². The Bertz CT molecular complexity index is 1030. The molecule has 0 fully saturated rings. The van der Waals surface area contributed by atoms with E-state index >= 15 is 0 Å². The Morgan fingerprint density at radius 3 is 2.58 bits per heavy atom. The molecular formula is C21H20I2N2Si. The molecule has 5 heteroatoms. The molecule has 4 rings (SSSR count). The Hall–Kier alpha value is -1.19. The standard InChI is InChI=1S/C21H19I2N2Si/c1-26(2)19-11-13(24)7-9-16(19)21(15-5-3-4-6-18(15)23-22)17-10-8-14(25)12-20(17)26/h3-12,24H,25H2,1-2H3/q-1/p+1. The van der Waals surface area contributed by atoms with E-state index in [4.69, 9.17) is 11.1 Å². The molecule has 2 nitrogen and oxygen atoms in total. The summed E-state index contributed by atoms with van der Waals surface area (Å²) in [5.74, 6) is 0. The average Bonchev–Trinajstić information content (AvgIpc) is 2.63. The van der Waals surface area contributed by atoms with Crippen LogP contribution in [-0.2, 0) is 0 Å². The first-order valence-electron chi connectivity index (χ1n) is 8.46. The van der Waals surface area contributed by atoms with Crippen LogP contribution in [0.1, 0.15) is 11.1 Å². The minimum absolute atomic E-state index is 0.0462. The summed E-state index contributed by atoms with van der Waals surface area (Å²) in [6.45, 7) is 4.80. The Morgan fingerprint density at radius 1 is 1.04 bits per heavy atom. The van der Waals surface area contributed by atoms with Crippen molar-refractivity contribution in [3.63, 3.8) is 0 Å². The fraction of sp³-hybridized carbons (Fsp3) is 0.0952. The van der Waals surface area contributed by atoms with Crippen molar-refractivity contribution < 1.29 is 22.6 Å². The topological polar surface area (TPSA) is 51.6 Å². The molecule has 0 bridgehead atoms. The number of fused-ring (bicyclic) bond motifs is 2. The predicted molar refractivity (Wildman–Crippen MR) is 117 cm³/mol. The van der Waals surface area contributed by atoms with Crippen LogP contribution in [0.25, 0.3) is 5.57 Å². The Kier molecular flexibility index (Phi) is 4.73. The van der Waals surface area contributed by atoms with Gasteiger partial charge < -0.3 is 0 Å². The Balaban J connectivity index is 2.13. The zero-order valence-electron chi connectivity index (χ0n) is 14.7. The van der Waals surface area contributed by atoms with Gasteiger partial charge in [0.1, 0.15) is 0 Å². The number of allylic oxidation sites excluding steroid dienone is 5. The number of anilines is 1. The summed E-state index contributed by atoms with van der Waals surface area (Å²) >= 11 is 2.51. The average molecular weight is 582 g/mol. The fourth-order valence-electron chi connectivity index (χ4n) is 3.90. The van der Waals surface area contributed by atoms with Crippen LogP contribution in [0.4, 0.5) is 5.69 Å². The summed E-state index contributed by atoms with van der Waals surface area (Å²) in [5.41, 5.74) is 13.2. The molecular weight excluding hydrogens is 562 g/mol. The Morgan fingerprint density at radius 2 is 1.81 bits per heavy atom. The summed E-state index contributed by atoms with van der Waals surface area (Å²) in [6, 6.07) is 15.3. The SMILES string of the molecule is C[Si]1(C)C2=CC(=[NH2+])C=CC2=C(c2ccccc2[I-]I)c2ccc(N)cc21. The fourth-order valence-corrected chi connectivity index (χ4v) is 10.4. The molecule has 1 aliphatic heterocycles. The van der Waals surface area contributed by atoms with Gasteiger partial charge in [0, 0.05) is 0 Å². The van der Waals surface area contributed by atoms with E-state index in [0.717, 1.165) is 11.4 Å². The van der Waals surface area contributed by atoms with Crippen molar-refractivity contribution in [2.45, 2.75) is 13.1 Å². The van der Waals surface area contributed by atoms with Gasteiger partial charge in [0.05, 0.1) is 0 Å². The molecule has 2 aliphatic rings. The van der Waals surface area contributed by atoms with Crippen LogP contribution in [0.3, 0.4) is 0 Å². The molecule has 1 aliphatic carbocycles. The predicted octanol–water partition coefficient (Wildman–Crippen LogP) is -0.156. The summed E-state index contributed by atoms with van der Waals surface area (Å²) in [4.78, 5) is 0. The zero-order chi connectivity index (χ0) is 18.5. The van der Waals surface area contributed by atoms with Crippen molar-refractivity contribution in [2.24, 2.45) is 0 Å². The molecule has 0 aromatic heterocycles. The number of nitrogen functional groups attached to an aromatic ring is 1. The van der Waals surface area contributed by atoms with Gasteiger partial charge in [-0.1, -0.05) is 0 Å². The number of hydrogen-bond donors (Lipinski definition) is 2. The number of benzene rings is 2. The first kappa shape index (κ1) is 18.2. The van der Waals surface area contributed by atoms with E-state index in [1.807, 2.05) is 12.1 Å². The van der Waals surface area contributed by atoms with Crippen molar-refractivity contribution in [3.05, 3.63) is 86.2 Å². The zero-order valence-corrected chi connectivity index (χ0v) is 20.0. The van der Waals surface area contributed by atoms with Gasteiger partial charge in [0.25, 0.3) is 0 Å². The third-order valence-electron chi connectivity index (χ3n) is 5.19. The molecule has 2 aromatic rings. The van der Waals surface area contributed by atoms with Crippen LogP contribution in [0.5, 0.6) is 0 Å². The van der Waals surface area contributed by atoms with Crippen LogP contribution in [-0.4, -0.2) is 13.8 Å². The minimum atomic E-state index is -1.87. The van der Waals surface area contributed by atoms with Crippen LogP contribution in [0, 0.1) is 3.57 Å². The van der Waals surface area contributed by atoms with Crippen molar-refractivity contribution in [1.29, 1.82) is 0 Å². The van der Waals surface area contributed by atoms with E-state index in [1.165, 1.54) is 36.2 Å². The quantitative estimate of drug-likeness (QED) is 0.289. The normalized spacial score (nSPS) is 17.8. The second-order valence-electron chi connectivity index (χ2n) is 7.16. The maximum atomic E-state index is 6.19. The van der Waals surface area contributed by atoms with Gasteiger partial charge in [0.15, 0.2) is 0 Å². The number of halogens is 2. The second-order valence-corrected chi connectivity index (χ2v) is 15.8. The first-order chi connectivity index (χ1) is 12.4. The summed E-state index contributed by atoms with van der Waals surface area (Å²) < 4.78 is 1.47. The van der Waals surface area contributed by atoms with Crippen molar-refractivity contribution in [2.75, 3.05) is 5.73 Å². The van der Waals surface area contributed by atoms with Crippen LogP contribution >= 0.6 is 18.6 Å². The summed E-state index contributed by atoms with van der Waals surface area (Å²) in [7, 11) is -1.87. The van der Waals surface area contributed by atoms with Gasteiger partial charge in [-0.2, -0.15) is 0 Å². The molecule has 1 heterocycles. The Labute approximate surface area is 175 Å². The van der Waals surface area contributed by atoms with Crippen molar-refractivity contribution in [1.82, 2.24) is 0 Å². The molecule has 132 valence electrons. The third kappa shape index (κ3) is 2.84. The molecule has 0 saturated carbocycles. The van der Waals surface area contributed by atoms with Gasteiger partial charge in [0.2, 0.25) is 0 Å². The summed E-state index contributed by atoms with van der Waals surface area (Å²) in [5, 5.41) is 9.00. The van der Waals surface area contributed by atoms with Crippen LogP contribution in [0.2, 0.25) is 13.1 Å². The van der Waals surface area contributed by atoms with Gasteiger partial charge in [-0.05, 0) is 0 Å². The first-order valence-corrected chi connectivity index (χ1v) is 18.8. The van der Waals surface area contributed by atoms with Crippen LogP contribution < -0.4 is 33.6 Å². The van der Waals surface area contributed by atoms with Gasteiger partial charge >= 0.3 is 176 Å². The van der Waals surface area contributed by atoms with E-state index in [2.05, 4.69) is 80.3 Å². The van der Waals surface area contributed by atoms with Gasteiger partial charge in [-0.3, -0.25) is 0 Å². The molecule has 0 spiro atoms. The van der Waals surface area contributed by atoms with E-state index < -0.39 is 8.07 Å². The molecule has 0 saturated heterocycles. The molecule has 4 N–H and O–H groups in total. The maximum absolute atomic E-state index is 6.19. The summed E-state index contributed by atoms with van der Waals surface area (Å²) in [6.07, 6.45) is 6.44. The van der Waals surface area contributed by atoms with E-state index in [1.54, 1.807) is 0 Å². The molecule has 2 aromatic carbocycles. The molecule has 26 heavy (non-hydrogen) atoms. The second kappa shape index (κ2) is 6.76. The van der Waals surface area contributed by atoms with Gasteiger partial charge in [-0.25, -0.2) is 0 Å². The third-order valence-corrected chi connectivity index (χ3v) is 13.0. The molecule has 0 unspecified atom stereocenters. The van der Waals surface area contributed by atoms with E-state index in [0.29, 0.717) is 0 Å². The number of nitrogens with two attached hydrogens (primary N) is 2.